The third-order valence-corrected chi connectivity index (χ3v) is 6.17. The van der Waals surface area contributed by atoms with Crippen LogP contribution in [0.5, 0.6) is 17.2 Å². The van der Waals surface area contributed by atoms with E-state index in [0.717, 1.165) is 15.6 Å². The van der Waals surface area contributed by atoms with Crippen molar-refractivity contribution >= 4 is 39.4 Å². The standard InChI is InChI=1S/C22H26BrNO5S/c1-14(25)15-5-6-19(27-2)17(9-15)12-30-13-22(26)24-8-7-16-10-20(28-3)21(29-4)11-18(16)23/h5-6,9-11H,7-8,12-13H2,1-4H3,(H,24,26). The van der Waals surface area contributed by atoms with Crippen molar-refractivity contribution in [3.05, 3.63) is 51.5 Å². The molecule has 2 aromatic rings. The number of Topliss-reactive ketones (excluding diaryl/α,β-unsaturated/α-hetero) is 1. The van der Waals surface area contributed by atoms with Crippen molar-refractivity contribution in [1.29, 1.82) is 0 Å². The molecule has 0 aliphatic heterocycles. The second-order valence-electron chi connectivity index (χ2n) is 6.47. The van der Waals surface area contributed by atoms with Gasteiger partial charge in [-0.05, 0) is 49.2 Å². The summed E-state index contributed by atoms with van der Waals surface area (Å²) < 4.78 is 16.9. The first-order valence-electron chi connectivity index (χ1n) is 9.32. The van der Waals surface area contributed by atoms with Gasteiger partial charge in [0.05, 0.1) is 27.1 Å². The van der Waals surface area contributed by atoms with Gasteiger partial charge in [-0.1, -0.05) is 15.9 Å². The summed E-state index contributed by atoms with van der Waals surface area (Å²) in [6.45, 7) is 2.04. The summed E-state index contributed by atoms with van der Waals surface area (Å²) in [7, 11) is 4.78. The van der Waals surface area contributed by atoms with Gasteiger partial charge in [0.25, 0.3) is 0 Å². The molecule has 0 aliphatic rings. The van der Waals surface area contributed by atoms with Crippen LogP contribution in [-0.4, -0.2) is 45.3 Å². The third-order valence-electron chi connectivity index (χ3n) is 4.45. The summed E-state index contributed by atoms with van der Waals surface area (Å²) in [5, 5.41) is 2.93. The zero-order valence-electron chi connectivity index (χ0n) is 17.5. The molecule has 0 radical (unpaired) electrons. The largest absolute Gasteiger partial charge is 0.496 e. The highest BCUT2D eigenvalue weighted by atomic mass is 79.9. The quantitative estimate of drug-likeness (QED) is 0.469. The molecule has 1 amide bonds. The van der Waals surface area contributed by atoms with Crippen LogP contribution < -0.4 is 19.5 Å². The molecule has 0 atom stereocenters. The monoisotopic (exact) mass is 495 g/mol. The van der Waals surface area contributed by atoms with Crippen molar-refractivity contribution in [3.63, 3.8) is 0 Å². The van der Waals surface area contributed by atoms with E-state index >= 15 is 0 Å². The Kier molecular flexibility index (Phi) is 9.52. The lowest BCUT2D eigenvalue weighted by atomic mass is 10.1. The number of hydrogen-bond donors (Lipinski definition) is 1. The van der Waals surface area contributed by atoms with Crippen LogP contribution >= 0.6 is 27.7 Å². The maximum Gasteiger partial charge on any atom is 0.230 e. The molecule has 30 heavy (non-hydrogen) atoms. The number of thioether (sulfide) groups is 1. The number of amides is 1. The SMILES string of the molecule is COc1ccc(C(C)=O)cc1CSCC(=O)NCCc1cc(OC)c(OC)cc1Br. The molecule has 2 rings (SSSR count). The lowest BCUT2D eigenvalue weighted by molar-refractivity contribution is -0.118. The second kappa shape index (κ2) is 11.9. The van der Waals surface area contributed by atoms with Crippen LogP contribution in [0.4, 0.5) is 0 Å². The van der Waals surface area contributed by atoms with Crippen molar-refractivity contribution in [2.24, 2.45) is 0 Å². The number of ether oxygens (including phenoxy) is 3. The van der Waals surface area contributed by atoms with Crippen LogP contribution in [0.15, 0.2) is 34.8 Å². The van der Waals surface area contributed by atoms with Gasteiger partial charge >= 0.3 is 0 Å². The van der Waals surface area contributed by atoms with Crippen LogP contribution in [0.1, 0.15) is 28.4 Å². The van der Waals surface area contributed by atoms with Crippen LogP contribution in [-0.2, 0) is 17.0 Å². The van der Waals surface area contributed by atoms with E-state index in [0.29, 0.717) is 47.3 Å². The lowest BCUT2D eigenvalue weighted by Crippen LogP contribution is -2.27. The molecule has 0 spiro atoms. The first-order chi connectivity index (χ1) is 14.4. The van der Waals surface area contributed by atoms with Crippen LogP contribution in [0.25, 0.3) is 0 Å². The first kappa shape index (κ1) is 24.1. The zero-order valence-corrected chi connectivity index (χ0v) is 19.9. The van der Waals surface area contributed by atoms with Gasteiger partial charge in [-0.15, -0.1) is 11.8 Å². The highest BCUT2D eigenvalue weighted by Crippen LogP contribution is 2.33. The van der Waals surface area contributed by atoms with Gasteiger partial charge in [0.1, 0.15) is 5.75 Å². The summed E-state index contributed by atoms with van der Waals surface area (Å²) >= 11 is 5.00. The van der Waals surface area contributed by atoms with E-state index in [1.165, 1.54) is 18.7 Å². The van der Waals surface area contributed by atoms with Crippen molar-refractivity contribution in [2.45, 2.75) is 19.1 Å². The number of methoxy groups -OCH3 is 3. The Bertz CT molecular complexity index is 903. The predicted molar refractivity (Wildman–Crippen MR) is 123 cm³/mol. The number of carbonyl (C=O) groups is 2. The van der Waals surface area contributed by atoms with Gasteiger partial charge in [0.2, 0.25) is 5.91 Å². The van der Waals surface area contributed by atoms with Gasteiger partial charge in [0, 0.05) is 27.9 Å². The molecule has 0 unspecified atom stereocenters. The number of rotatable bonds is 11. The highest BCUT2D eigenvalue weighted by Gasteiger charge is 2.11. The van der Waals surface area contributed by atoms with Crippen LogP contribution in [0.2, 0.25) is 0 Å². The van der Waals surface area contributed by atoms with Crippen LogP contribution in [0, 0.1) is 0 Å². The Labute approximate surface area is 189 Å². The molecule has 8 heteroatoms. The molecule has 2 aromatic carbocycles. The van der Waals surface area contributed by atoms with E-state index in [-0.39, 0.29) is 11.7 Å². The summed E-state index contributed by atoms with van der Waals surface area (Å²) in [5.41, 5.74) is 2.56. The summed E-state index contributed by atoms with van der Waals surface area (Å²) in [4.78, 5) is 23.8. The number of carbonyl (C=O) groups excluding carboxylic acids is 2. The maximum atomic E-state index is 12.2. The minimum atomic E-state index is -0.0433. The molecule has 0 fully saturated rings. The molecule has 0 bridgehead atoms. The maximum absolute atomic E-state index is 12.2. The van der Waals surface area contributed by atoms with E-state index in [1.807, 2.05) is 18.2 Å². The normalized spacial score (nSPS) is 10.4. The van der Waals surface area contributed by atoms with Crippen molar-refractivity contribution < 1.29 is 23.8 Å². The Balaban J connectivity index is 1.84. The van der Waals surface area contributed by atoms with Gasteiger partial charge in [-0.2, -0.15) is 0 Å². The summed E-state index contributed by atoms with van der Waals surface area (Å²) in [6, 6.07) is 9.11. The molecule has 162 valence electrons. The Hall–Kier alpha value is -2.19. The van der Waals surface area contributed by atoms with E-state index in [1.54, 1.807) is 33.5 Å². The molecule has 0 heterocycles. The van der Waals surface area contributed by atoms with Crippen LogP contribution in [0.3, 0.4) is 0 Å². The third kappa shape index (κ3) is 6.67. The minimum absolute atomic E-state index is 0.00275. The highest BCUT2D eigenvalue weighted by molar-refractivity contribution is 9.10. The first-order valence-corrected chi connectivity index (χ1v) is 11.3. The average molecular weight is 496 g/mol. The van der Waals surface area contributed by atoms with Crippen molar-refractivity contribution in [3.8, 4) is 17.2 Å². The fraction of sp³-hybridized carbons (Fsp3) is 0.364. The molecule has 1 N–H and O–H groups in total. The Morgan fingerprint density at radius 2 is 1.63 bits per heavy atom. The van der Waals surface area contributed by atoms with E-state index in [2.05, 4.69) is 21.2 Å². The molecular formula is C22H26BrNO5S. The fourth-order valence-electron chi connectivity index (χ4n) is 2.84. The molecule has 0 saturated heterocycles. The molecule has 0 saturated carbocycles. The fourth-order valence-corrected chi connectivity index (χ4v) is 4.20. The number of benzene rings is 2. The minimum Gasteiger partial charge on any atom is -0.496 e. The number of hydrogen-bond acceptors (Lipinski definition) is 6. The summed E-state index contributed by atoms with van der Waals surface area (Å²) in [5.74, 6) is 2.88. The molecule has 0 aromatic heterocycles. The smallest absolute Gasteiger partial charge is 0.230 e. The average Bonchev–Trinajstić information content (AvgIpc) is 2.74. The van der Waals surface area contributed by atoms with Gasteiger partial charge in [0.15, 0.2) is 17.3 Å². The van der Waals surface area contributed by atoms with E-state index in [9.17, 15) is 9.59 Å². The molecule has 0 aliphatic carbocycles. The lowest BCUT2D eigenvalue weighted by Gasteiger charge is -2.12. The topological polar surface area (TPSA) is 73.9 Å². The van der Waals surface area contributed by atoms with Gasteiger partial charge < -0.3 is 19.5 Å². The zero-order chi connectivity index (χ0) is 22.1. The number of halogens is 1. The number of ketones is 1. The van der Waals surface area contributed by atoms with Crippen molar-refractivity contribution in [2.75, 3.05) is 33.6 Å². The molecule has 6 nitrogen and oxygen atoms in total. The second-order valence-corrected chi connectivity index (χ2v) is 8.31. The van der Waals surface area contributed by atoms with Gasteiger partial charge in [-0.3, -0.25) is 9.59 Å². The Morgan fingerprint density at radius 3 is 2.27 bits per heavy atom. The van der Waals surface area contributed by atoms with Gasteiger partial charge in [-0.25, -0.2) is 0 Å². The van der Waals surface area contributed by atoms with E-state index < -0.39 is 0 Å². The summed E-state index contributed by atoms with van der Waals surface area (Å²) in [6.07, 6.45) is 0.659. The Morgan fingerprint density at radius 1 is 0.967 bits per heavy atom. The van der Waals surface area contributed by atoms with E-state index in [4.69, 9.17) is 14.2 Å². The van der Waals surface area contributed by atoms with Crippen molar-refractivity contribution in [1.82, 2.24) is 5.32 Å². The number of nitrogens with one attached hydrogen (secondary N) is 1. The molecular weight excluding hydrogens is 470 g/mol. The predicted octanol–water partition coefficient (Wildman–Crippen LogP) is 4.27.